The van der Waals surface area contributed by atoms with E-state index in [1.807, 2.05) is 0 Å². The van der Waals surface area contributed by atoms with Gasteiger partial charge in [0.15, 0.2) is 5.65 Å². The number of amides is 2. The summed E-state index contributed by atoms with van der Waals surface area (Å²) < 4.78 is 2.85. The molecule has 0 radical (unpaired) electrons. The molecule has 1 saturated heterocycles. The Kier molecular flexibility index (Phi) is 6.16. The molecule has 1 aliphatic rings. The summed E-state index contributed by atoms with van der Waals surface area (Å²) in [6.45, 7) is 1.97. The van der Waals surface area contributed by atoms with Crippen LogP contribution in [-0.4, -0.2) is 47.9 Å². The van der Waals surface area contributed by atoms with Gasteiger partial charge in [-0.3, -0.25) is 19.4 Å². The van der Waals surface area contributed by atoms with Crippen LogP contribution < -0.4 is 15.8 Å². The van der Waals surface area contributed by atoms with Crippen molar-refractivity contribution >= 4 is 57.6 Å². The maximum atomic E-state index is 13.2. The van der Waals surface area contributed by atoms with E-state index in [0.29, 0.717) is 38.6 Å². The Balaban J connectivity index is 1.30. The van der Waals surface area contributed by atoms with E-state index in [2.05, 4.69) is 25.5 Å². The third-order valence-electron chi connectivity index (χ3n) is 6.40. The molecular weight excluding hydrogens is 543 g/mol. The molecule has 6 rings (SSSR count). The van der Waals surface area contributed by atoms with Crippen LogP contribution in [0.15, 0.2) is 65.6 Å². The van der Waals surface area contributed by atoms with Gasteiger partial charge in [0, 0.05) is 34.8 Å². The van der Waals surface area contributed by atoms with Crippen molar-refractivity contribution in [2.45, 2.75) is 13.3 Å². The van der Waals surface area contributed by atoms with Crippen LogP contribution >= 0.6 is 23.2 Å². The number of fused-ring (bicyclic) bond motifs is 1. The number of benzene rings is 2. The van der Waals surface area contributed by atoms with E-state index in [1.54, 1.807) is 66.4 Å². The molecule has 2 amide bonds. The van der Waals surface area contributed by atoms with Crippen molar-refractivity contribution < 1.29 is 9.59 Å². The van der Waals surface area contributed by atoms with Crippen LogP contribution in [0.25, 0.3) is 22.7 Å². The smallest absolute Gasteiger partial charge is 0.263 e. The number of hydrogen-bond donors (Lipinski definition) is 2. The predicted molar refractivity (Wildman–Crippen MR) is 147 cm³/mol. The average Bonchev–Trinajstić information content (AvgIpc) is 3.61. The fraction of sp³-hybridized carbons (Fsp3) is 0.154. The predicted octanol–water partition coefficient (Wildman–Crippen LogP) is 3.90. The van der Waals surface area contributed by atoms with E-state index in [1.165, 1.54) is 15.6 Å². The SMILES string of the molecule is Cc1cc(NC(=O)C2CC(=O)N(c3ccc(Cl)cc3)C2)n(-c2nc3c(cnn3-c3cccc(Cl)c3)c(=O)[nH]2)n1. The van der Waals surface area contributed by atoms with Crippen molar-refractivity contribution in [3.63, 3.8) is 0 Å². The molecule has 1 atom stereocenters. The lowest BCUT2D eigenvalue weighted by Crippen LogP contribution is -2.28. The van der Waals surface area contributed by atoms with Crippen LogP contribution in [0.5, 0.6) is 0 Å². The van der Waals surface area contributed by atoms with Gasteiger partial charge in [0.05, 0.1) is 23.5 Å². The number of rotatable bonds is 5. The van der Waals surface area contributed by atoms with Crippen LogP contribution in [-0.2, 0) is 9.59 Å². The Morgan fingerprint density at radius 2 is 1.82 bits per heavy atom. The molecule has 13 heteroatoms. The molecule has 5 aromatic rings. The van der Waals surface area contributed by atoms with E-state index in [9.17, 15) is 14.4 Å². The summed E-state index contributed by atoms with van der Waals surface area (Å²) in [6, 6.07) is 15.5. The number of aryl methyl sites for hydroxylation is 1. The molecule has 196 valence electrons. The van der Waals surface area contributed by atoms with Crippen LogP contribution in [0.4, 0.5) is 11.5 Å². The topological polar surface area (TPSA) is 131 Å². The minimum Gasteiger partial charge on any atom is -0.312 e. The maximum absolute atomic E-state index is 13.2. The van der Waals surface area contributed by atoms with Crippen LogP contribution in [0.1, 0.15) is 12.1 Å². The first-order valence-electron chi connectivity index (χ1n) is 11.9. The third-order valence-corrected chi connectivity index (χ3v) is 6.88. The number of anilines is 2. The van der Waals surface area contributed by atoms with E-state index in [-0.39, 0.29) is 36.1 Å². The number of H-pyrrole nitrogens is 1. The first-order valence-corrected chi connectivity index (χ1v) is 12.7. The van der Waals surface area contributed by atoms with Gasteiger partial charge in [-0.1, -0.05) is 29.3 Å². The lowest BCUT2D eigenvalue weighted by atomic mass is 10.1. The first kappa shape index (κ1) is 24.8. The highest BCUT2D eigenvalue weighted by Crippen LogP contribution is 2.28. The van der Waals surface area contributed by atoms with Crippen LogP contribution in [0.3, 0.4) is 0 Å². The number of carbonyl (C=O) groups is 2. The fourth-order valence-electron chi connectivity index (χ4n) is 4.54. The minimum atomic E-state index is -0.587. The van der Waals surface area contributed by atoms with E-state index in [0.717, 1.165) is 0 Å². The molecule has 2 aromatic carbocycles. The van der Waals surface area contributed by atoms with Crippen molar-refractivity contribution in [2.75, 3.05) is 16.8 Å². The maximum Gasteiger partial charge on any atom is 0.263 e. The van der Waals surface area contributed by atoms with Gasteiger partial charge >= 0.3 is 0 Å². The van der Waals surface area contributed by atoms with Crippen molar-refractivity contribution in [2.24, 2.45) is 5.92 Å². The normalized spacial score (nSPS) is 15.3. The number of hydrogen-bond acceptors (Lipinski definition) is 6. The van der Waals surface area contributed by atoms with E-state index >= 15 is 0 Å². The Bertz CT molecular complexity index is 1810. The summed E-state index contributed by atoms with van der Waals surface area (Å²) in [4.78, 5) is 47.7. The highest BCUT2D eigenvalue weighted by molar-refractivity contribution is 6.31. The fourth-order valence-corrected chi connectivity index (χ4v) is 4.85. The van der Waals surface area contributed by atoms with Gasteiger partial charge in [-0.15, -0.1) is 0 Å². The van der Waals surface area contributed by atoms with Crippen molar-refractivity contribution in [3.8, 4) is 11.6 Å². The summed E-state index contributed by atoms with van der Waals surface area (Å²) >= 11 is 12.1. The van der Waals surface area contributed by atoms with Gasteiger partial charge in [0.25, 0.3) is 5.56 Å². The average molecular weight is 563 g/mol. The lowest BCUT2D eigenvalue weighted by Gasteiger charge is -2.17. The number of carbonyl (C=O) groups excluding carboxylic acids is 2. The van der Waals surface area contributed by atoms with Gasteiger partial charge in [0.2, 0.25) is 17.8 Å². The van der Waals surface area contributed by atoms with Gasteiger partial charge in [-0.25, -0.2) is 4.68 Å². The number of nitrogens with zero attached hydrogens (tertiary/aromatic N) is 6. The van der Waals surface area contributed by atoms with Gasteiger partial charge in [-0.05, 0) is 49.4 Å². The monoisotopic (exact) mass is 562 g/mol. The van der Waals surface area contributed by atoms with Gasteiger partial charge in [0.1, 0.15) is 11.2 Å². The second kappa shape index (κ2) is 9.68. The highest BCUT2D eigenvalue weighted by Gasteiger charge is 2.35. The van der Waals surface area contributed by atoms with Gasteiger partial charge < -0.3 is 10.2 Å². The second-order valence-electron chi connectivity index (χ2n) is 9.12. The number of nitrogens with one attached hydrogen (secondary N) is 2. The van der Waals surface area contributed by atoms with Crippen LogP contribution in [0.2, 0.25) is 10.0 Å². The highest BCUT2D eigenvalue weighted by atomic mass is 35.5. The molecule has 1 fully saturated rings. The molecular formula is C26H20Cl2N8O3. The Labute approximate surface area is 231 Å². The zero-order valence-electron chi connectivity index (χ0n) is 20.4. The second-order valence-corrected chi connectivity index (χ2v) is 9.99. The molecule has 3 aromatic heterocycles. The quantitative estimate of drug-likeness (QED) is 0.334. The molecule has 1 unspecified atom stereocenters. The van der Waals surface area contributed by atoms with Crippen molar-refractivity contribution in [3.05, 3.63) is 86.9 Å². The molecule has 0 aliphatic carbocycles. The number of halogens is 2. The Hall–Kier alpha value is -4.48. The number of aromatic amines is 1. The standard InChI is InChI=1S/C26H20Cl2N8O3/c1-14-9-21(30-24(38)15-10-22(37)34(13-15)18-7-5-16(27)6-8-18)36(33-14)26-31-23-20(25(39)32-26)12-29-35(23)19-4-2-3-17(28)11-19/h2-9,11-12,15H,10,13H2,1H3,(H,30,38)(H,31,32,39). The van der Waals surface area contributed by atoms with Crippen molar-refractivity contribution in [1.29, 1.82) is 0 Å². The Morgan fingerprint density at radius 3 is 2.59 bits per heavy atom. The Morgan fingerprint density at radius 1 is 1.03 bits per heavy atom. The van der Waals surface area contributed by atoms with Crippen molar-refractivity contribution in [1.82, 2.24) is 29.5 Å². The molecule has 0 bridgehead atoms. The minimum absolute atomic E-state index is 0.0570. The first-order chi connectivity index (χ1) is 18.8. The van der Waals surface area contributed by atoms with E-state index in [4.69, 9.17) is 23.2 Å². The molecule has 2 N–H and O–H groups in total. The summed E-state index contributed by atoms with van der Waals surface area (Å²) in [7, 11) is 0. The lowest BCUT2D eigenvalue weighted by molar-refractivity contribution is -0.122. The van der Waals surface area contributed by atoms with E-state index < -0.39 is 11.5 Å². The largest absolute Gasteiger partial charge is 0.312 e. The van der Waals surface area contributed by atoms with Crippen LogP contribution in [0, 0.1) is 12.8 Å². The molecule has 1 aliphatic heterocycles. The molecule has 0 saturated carbocycles. The van der Waals surface area contributed by atoms with Gasteiger partial charge in [-0.2, -0.15) is 19.9 Å². The summed E-state index contributed by atoms with van der Waals surface area (Å²) in [5, 5.41) is 12.9. The molecule has 0 spiro atoms. The molecule has 11 nitrogen and oxygen atoms in total. The third kappa shape index (κ3) is 4.66. The zero-order valence-corrected chi connectivity index (χ0v) is 21.9. The summed E-state index contributed by atoms with van der Waals surface area (Å²) in [6.07, 6.45) is 1.48. The summed E-state index contributed by atoms with van der Waals surface area (Å²) in [5.41, 5.74) is 1.76. The molecule has 39 heavy (non-hydrogen) atoms. The molecule has 4 heterocycles. The zero-order chi connectivity index (χ0) is 27.3. The number of aromatic nitrogens is 6. The summed E-state index contributed by atoms with van der Waals surface area (Å²) in [5.74, 6) is -0.715.